The van der Waals surface area contributed by atoms with E-state index in [-0.39, 0.29) is 23.8 Å². The molecule has 0 radical (unpaired) electrons. The van der Waals surface area contributed by atoms with E-state index in [1.54, 1.807) is 24.5 Å². The van der Waals surface area contributed by atoms with Gasteiger partial charge in [0.15, 0.2) is 0 Å². The quantitative estimate of drug-likeness (QED) is 0.0850. The number of aromatic nitrogens is 3. The third-order valence-corrected chi connectivity index (χ3v) is 17.7. The van der Waals surface area contributed by atoms with Gasteiger partial charge in [-0.3, -0.25) is 34.1 Å². The monoisotopic (exact) mass is 1030 g/mol. The van der Waals surface area contributed by atoms with Crippen LogP contribution in [-0.2, 0) is 23.9 Å². The predicted molar refractivity (Wildman–Crippen MR) is 296 cm³/mol. The zero-order valence-electron chi connectivity index (χ0n) is 45.1. The molecule has 4 spiro atoms. The van der Waals surface area contributed by atoms with Gasteiger partial charge in [0.25, 0.3) is 0 Å². The Morgan fingerprint density at radius 3 is 1.33 bits per heavy atom. The summed E-state index contributed by atoms with van der Waals surface area (Å²) >= 11 is 0. The summed E-state index contributed by atoms with van der Waals surface area (Å²) in [6.45, 7) is 23.2. The lowest BCUT2D eigenvalue weighted by molar-refractivity contribution is -0.156. The number of anilines is 4. The van der Waals surface area contributed by atoms with Gasteiger partial charge in [-0.1, -0.05) is 39.0 Å². The van der Waals surface area contributed by atoms with E-state index in [4.69, 9.17) is 5.73 Å². The van der Waals surface area contributed by atoms with Crippen molar-refractivity contribution >= 4 is 46.5 Å². The number of imide groups is 1. The number of cyclic esters (lactones) is 2. The van der Waals surface area contributed by atoms with E-state index < -0.39 is 10.8 Å². The van der Waals surface area contributed by atoms with Crippen molar-refractivity contribution in [1.29, 1.82) is 0 Å². The van der Waals surface area contributed by atoms with Gasteiger partial charge in [-0.05, 0) is 196 Å². The smallest absolute Gasteiger partial charge is 0.320 e. The first-order valence-electron chi connectivity index (χ1n) is 27.9. The molecule has 16 heteroatoms. The maximum atomic E-state index is 12.8. The Hall–Kier alpha value is -5.81. The summed E-state index contributed by atoms with van der Waals surface area (Å²) in [5.41, 5.74) is 9.76. The van der Waals surface area contributed by atoms with Crippen LogP contribution >= 0.6 is 0 Å². The Morgan fingerprint density at radius 2 is 0.920 bits per heavy atom. The van der Waals surface area contributed by atoms with Crippen molar-refractivity contribution in [3.8, 4) is 0 Å². The van der Waals surface area contributed by atoms with E-state index in [9.17, 15) is 19.2 Å². The minimum atomic E-state index is -0.469. The third-order valence-electron chi connectivity index (χ3n) is 17.7. The van der Waals surface area contributed by atoms with E-state index in [0.717, 1.165) is 70.6 Å². The van der Waals surface area contributed by atoms with E-state index in [2.05, 4.69) is 94.5 Å². The molecule has 3 N–H and O–H groups in total. The maximum absolute atomic E-state index is 12.8. The number of nitrogen functional groups attached to an aromatic ring is 1. The van der Waals surface area contributed by atoms with Crippen LogP contribution in [0.15, 0.2) is 104 Å². The number of rotatable bonds is 6. The Kier molecular flexibility index (Phi) is 19.1. The molecule has 16 nitrogen and oxygen atoms in total. The molecule has 8 aliphatic heterocycles. The highest BCUT2D eigenvalue weighted by Crippen LogP contribution is 2.45. The molecule has 8 aliphatic rings. The number of nitrogens with one attached hydrogen (secondary N) is 1. The Labute approximate surface area is 445 Å². The molecule has 11 heterocycles. The fourth-order valence-electron chi connectivity index (χ4n) is 12.5. The van der Waals surface area contributed by atoms with Crippen molar-refractivity contribution in [3.05, 3.63) is 104 Å². The van der Waals surface area contributed by atoms with Gasteiger partial charge in [0.2, 0.25) is 11.8 Å². The number of hydrogen-bond donors (Lipinski definition) is 2. The average molecular weight is 1030 g/mol. The van der Waals surface area contributed by atoms with Crippen molar-refractivity contribution < 1.29 is 23.9 Å². The molecular formula is C59H83N11O5. The van der Waals surface area contributed by atoms with Gasteiger partial charge in [0.1, 0.15) is 0 Å². The number of ether oxygens (including phenoxy) is 1. The van der Waals surface area contributed by atoms with Gasteiger partial charge >= 0.3 is 11.9 Å². The molecule has 0 atom stereocenters. The zero-order chi connectivity index (χ0) is 52.7. The Balaban J connectivity index is 0.000000128. The number of hydrogen-bond acceptors (Lipinski definition) is 15. The number of pyridine rings is 3. The summed E-state index contributed by atoms with van der Waals surface area (Å²) in [6.07, 6.45) is 22.7. The highest BCUT2D eigenvalue weighted by molar-refractivity contribution is 6.22. The van der Waals surface area contributed by atoms with Crippen molar-refractivity contribution in [2.45, 2.75) is 97.8 Å². The van der Waals surface area contributed by atoms with Crippen LogP contribution in [0.4, 0.5) is 22.7 Å². The van der Waals surface area contributed by atoms with Crippen LogP contribution in [0, 0.1) is 21.7 Å². The number of para-hydroxylation sites is 1. The van der Waals surface area contributed by atoms with Crippen LogP contribution in [0.1, 0.15) is 97.8 Å². The van der Waals surface area contributed by atoms with Crippen LogP contribution in [-0.4, -0.2) is 152 Å². The minimum absolute atomic E-state index is 0.0237. The molecule has 8 fully saturated rings. The highest BCUT2D eigenvalue weighted by atomic mass is 16.6. The highest BCUT2D eigenvalue weighted by Gasteiger charge is 2.53. The standard InChI is InChI=1S/C15H19N3O2.C15H23N3.C13H19N3.C10H15NO3.C6H7N/c1-2-17-9-5-15(6-10-17)11-13(19)18(14(15)20)12-3-7-16-8-4-12;1-2-17-10-5-15(6-11-17)7-12-18(13-15)14-3-8-16-9-4-14;1-6-14-7-2-12(1)16-10-5-13(11-16)3-8-15-9-4-13;1-2-11-5-3-10(4-6-11)7-8(12)14-9(10)13;7-6-4-2-1-3-5-6/h3-4,7-8H,2,5-6,9-11H2,1H3;3-4,8-9H,2,5-7,10-13H2,1H3;1-2,6-7,15H,3-5,8-11H2;2-7H2,1H3;1-5H,7H2. The van der Waals surface area contributed by atoms with Crippen molar-refractivity contribution in [1.82, 2.24) is 35.0 Å². The lowest BCUT2D eigenvalue weighted by Crippen LogP contribution is -2.44. The average Bonchev–Trinajstić information content (AvgIpc) is 4.21. The van der Waals surface area contributed by atoms with Crippen molar-refractivity contribution in [2.75, 3.05) is 119 Å². The number of carbonyl (C=O) groups excluding carboxylic acids is 4. The van der Waals surface area contributed by atoms with E-state index >= 15 is 0 Å². The van der Waals surface area contributed by atoms with Crippen molar-refractivity contribution in [3.63, 3.8) is 0 Å². The number of benzene rings is 1. The lowest BCUT2D eigenvalue weighted by Gasteiger charge is -2.39. The number of esters is 2. The first kappa shape index (κ1) is 55.4. The van der Waals surface area contributed by atoms with E-state index in [1.807, 2.05) is 55.1 Å². The summed E-state index contributed by atoms with van der Waals surface area (Å²) in [4.78, 5) is 73.3. The zero-order valence-corrected chi connectivity index (χ0v) is 45.1. The Bertz CT molecular complexity index is 2420. The largest absolute Gasteiger partial charge is 0.399 e. The van der Waals surface area contributed by atoms with Gasteiger partial charge < -0.3 is 40.3 Å². The number of amides is 2. The second-order valence-corrected chi connectivity index (χ2v) is 22.1. The van der Waals surface area contributed by atoms with Gasteiger partial charge in [0.05, 0.1) is 22.9 Å². The molecule has 0 bridgehead atoms. The molecular weight excluding hydrogens is 943 g/mol. The van der Waals surface area contributed by atoms with E-state index in [0.29, 0.717) is 29.4 Å². The summed E-state index contributed by atoms with van der Waals surface area (Å²) in [5.74, 6) is -0.742. The summed E-state index contributed by atoms with van der Waals surface area (Å²) < 4.78 is 4.63. The van der Waals surface area contributed by atoms with Gasteiger partial charge in [0, 0.05) is 86.8 Å². The van der Waals surface area contributed by atoms with Gasteiger partial charge in [-0.2, -0.15) is 0 Å². The first-order chi connectivity index (χ1) is 36.4. The maximum Gasteiger partial charge on any atom is 0.320 e. The summed E-state index contributed by atoms with van der Waals surface area (Å²) in [6, 6.07) is 21.5. The molecule has 0 unspecified atom stereocenters. The van der Waals surface area contributed by atoms with Crippen LogP contribution in [0.25, 0.3) is 0 Å². The van der Waals surface area contributed by atoms with E-state index in [1.165, 1.54) is 114 Å². The number of likely N-dealkylation sites (tertiary alicyclic amines) is 3. The molecule has 8 saturated heterocycles. The molecule has 2 amide bonds. The summed E-state index contributed by atoms with van der Waals surface area (Å²) in [7, 11) is 0. The van der Waals surface area contributed by atoms with Gasteiger partial charge in [-0.25, -0.2) is 4.90 Å². The van der Waals surface area contributed by atoms with Crippen molar-refractivity contribution in [2.24, 2.45) is 21.7 Å². The molecule has 404 valence electrons. The van der Waals surface area contributed by atoms with Crippen LogP contribution in [0.5, 0.6) is 0 Å². The summed E-state index contributed by atoms with van der Waals surface area (Å²) in [5, 5.41) is 3.46. The fraction of sp³-hybridized carbons (Fsp3) is 0.576. The molecule has 4 aromatic rings. The normalized spacial score (nSPS) is 22.7. The lowest BCUT2D eigenvalue weighted by atomic mass is 9.77. The SMILES string of the molecule is CCN1CCC2(CC1)CC(=O)N(c1ccncc1)C2=O.CCN1CCC2(CC1)CC(=O)OC2=O.CCN1CCC2(CC1)CCN(c1ccncc1)C2.Nc1ccccc1.c1cc(N2CCC3(CCNCC3)C2)ccn1. The second kappa shape index (κ2) is 25.8. The Morgan fingerprint density at radius 1 is 0.507 bits per heavy atom. The minimum Gasteiger partial charge on any atom is -0.399 e. The number of nitrogens with two attached hydrogens (primary N) is 1. The number of carbonyl (C=O) groups is 4. The molecule has 3 aromatic heterocycles. The van der Waals surface area contributed by atoms with Crippen LogP contribution < -0.4 is 25.8 Å². The second-order valence-electron chi connectivity index (χ2n) is 22.1. The molecule has 0 aliphatic carbocycles. The molecule has 0 saturated carbocycles. The first-order valence-corrected chi connectivity index (χ1v) is 27.9. The number of nitrogens with zero attached hydrogens (tertiary/aromatic N) is 9. The van der Waals surface area contributed by atoms with Gasteiger partial charge in [-0.15, -0.1) is 0 Å². The third kappa shape index (κ3) is 14.0. The van der Waals surface area contributed by atoms with Crippen LogP contribution in [0.3, 0.4) is 0 Å². The molecule has 1 aromatic carbocycles. The molecule has 75 heavy (non-hydrogen) atoms. The number of piperidine rings is 4. The van der Waals surface area contributed by atoms with Crippen LogP contribution in [0.2, 0.25) is 0 Å². The molecule has 12 rings (SSSR count). The fourth-order valence-corrected chi connectivity index (χ4v) is 12.5. The topological polar surface area (TPSA) is 174 Å². The predicted octanol–water partition coefficient (Wildman–Crippen LogP) is 7.33.